The van der Waals surface area contributed by atoms with Crippen LogP contribution in [0.15, 0.2) is 16.5 Å². The average molecular weight is 241 g/mol. The van der Waals surface area contributed by atoms with Gasteiger partial charge in [-0.3, -0.25) is 0 Å². The lowest BCUT2D eigenvalue weighted by atomic mass is 9.99. The van der Waals surface area contributed by atoms with Crippen LogP contribution in [0.25, 0.3) is 0 Å². The second-order valence-corrected chi connectivity index (χ2v) is 4.73. The monoisotopic (exact) mass is 241 g/mol. The zero-order chi connectivity index (χ0) is 13.1. The van der Waals surface area contributed by atoms with Gasteiger partial charge in [0.15, 0.2) is 0 Å². The number of furan rings is 1. The van der Waals surface area contributed by atoms with Crippen LogP contribution in [0.2, 0.25) is 0 Å². The van der Waals surface area contributed by atoms with Crippen molar-refractivity contribution in [2.45, 2.75) is 38.8 Å². The number of aromatic carboxylic acids is 1. The van der Waals surface area contributed by atoms with Crippen molar-refractivity contribution in [3.05, 3.63) is 23.7 Å². The van der Waals surface area contributed by atoms with Crippen molar-refractivity contribution in [1.29, 1.82) is 0 Å². The highest BCUT2D eigenvalue weighted by Crippen LogP contribution is 2.20. The molecule has 1 heterocycles. The van der Waals surface area contributed by atoms with Crippen molar-refractivity contribution in [2.75, 3.05) is 6.61 Å². The van der Waals surface area contributed by atoms with E-state index in [0.29, 0.717) is 12.2 Å². The van der Waals surface area contributed by atoms with Gasteiger partial charge in [-0.1, -0.05) is 0 Å². The first-order valence-corrected chi connectivity index (χ1v) is 5.57. The number of carboxylic acid groups (broad SMARTS) is 1. The summed E-state index contributed by atoms with van der Waals surface area (Å²) in [7, 11) is 0. The van der Waals surface area contributed by atoms with Gasteiger partial charge < -0.3 is 19.9 Å². The molecule has 1 unspecified atom stereocenters. The third-order valence-corrected chi connectivity index (χ3v) is 2.61. The molecule has 0 aliphatic rings. The first-order valence-electron chi connectivity index (χ1n) is 5.57. The Morgan fingerprint density at radius 1 is 1.53 bits per heavy atom. The predicted octanol–water partition coefficient (Wildman–Crippen LogP) is 1.79. The molecule has 0 aromatic carbocycles. The molecule has 0 saturated carbocycles. The summed E-state index contributed by atoms with van der Waals surface area (Å²) in [6.07, 6.45) is 0.615. The van der Waals surface area contributed by atoms with Gasteiger partial charge in [0.1, 0.15) is 5.76 Å². The molecule has 0 aliphatic carbocycles. The molecular formula is C12H19NO4. The van der Waals surface area contributed by atoms with Gasteiger partial charge in [0, 0.05) is 12.1 Å². The maximum Gasteiger partial charge on any atom is 0.371 e. The van der Waals surface area contributed by atoms with E-state index in [1.165, 1.54) is 6.07 Å². The molecule has 1 rings (SSSR count). The lowest BCUT2D eigenvalue weighted by Crippen LogP contribution is -2.41. The molecule has 1 atom stereocenters. The van der Waals surface area contributed by atoms with Crippen molar-refractivity contribution < 1.29 is 19.4 Å². The van der Waals surface area contributed by atoms with Gasteiger partial charge in [-0.25, -0.2) is 4.79 Å². The van der Waals surface area contributed by atoms with Crippen LogP contribution in [0.1, 0.15) is 49.5 Å². The van der Waals surface area contributed by atoms with Crippen molar-refractivity contribution in [2.24, 2.45) is 0 Å². The van der Waals surface area contributed by atoms with Crippen LogP contribution in [-0.4, -0.2) is 28.3 Å². The number of carboxylic acids is 1. The molecule has 0 amide bonds. The van der Waals surface area contributed by atoms with Crippen LogP contribution in [0.5, 0.6) is 0 Å². The number of hydrogen-bond donors (Lipinski definition) is 3. The molecule has 0 aliphatic heterocycles. The molecule has 3 N–H and O–H groups in total. The summed E-state index contributed by atoms with van der Waals surface area (Å²) in [5, 5.41) is 20.9. The average Bonchev–Trinajstić information content (AvgIpc) is 2.64. The summed E-state index contributed by atoms with van der Waals surface area (Å²) in [4.78, 5) is 10.7. The fourth-order valence-corrected chi connectivity index (χ4v) is 1.71. The quantitative estimate of drug-likeness (QED) is 0.707. The van der Waals surface area contributed by atoms with Gasteiger partial charge in [-0.2, -0.15) is 0 Å². The van der Waals surface area contributed by atoms with E-state index in [0.717, 1.165) is 0 Å². The predicted molar refractivity (Wildman–Crippen MR) is 63.0 cm³/mol. The fraction of sp³-hybridized carbons (Fsp3) is 0.583. The molecular weight excluding hydrogens is 222 g/mol. The van der Waals surface area contributed by atoms with Crippen molar-refractivity contribution in [1.82, 2.24) is 5.32 Å². The topological polar surface area (TPSA) is 82.7 Å². The van der Waals surface area contributed by atoms with Crippen molar-refractivity contribution >= 4 is 5.97 Å². The fourth-order valence-electron chi connectivity index (χ4n) is 1.71. The van der Waals surface area contributed by atoms with Gasteiger partial charge in [0.2, 0.25) is 5.76 Å². The summed E-state index contributed by atoms with van der Waals surface area (Å²) in [5.41, 5.74) is -0.232. The van der Waals surface area contributed by atoms with E-state index < -0.39 is 5.97 Å². The highest BCUT2D eigenvalue weighted by molar-refractivity contribution is 5.84. The van der Waals surface area contributed by atoms with E-state index in [1.54, 1.807) is 6.07 Å². The molecule has 0 saturated heterocycles. The van der Waals surface area contributed by atoms with Gasteiger partial charge in [-0.15, -0.1) is 0 Å². The zero-order valence-electron chi connectivity index (χ0n) is 10.4. The van der Waals surface area contributed by atoms with E-state index in [-0.39, 0.29) is 23.9 Å². The molecule has 5 nitrogen and oxygen atoms in total. The SMILES string of the molecule is CC(NC(C)(C)CCO)c1ccc(C(=O)O)o1. The minimum Gasteiger partial charge on any atom is -0.475 e. The first-order chi connectivity index (χ1) is 7.85. The van der Waals surface area contributed by atoms with E-state index in [4.69, 9.17) is 14.6 Å². The summed E-state index contributed by atoms with van der Waals surface area (Å²) in [5.74, 6) is -0.555. The molecule has 1 aromatic rings. The molecule has 17 heavy (non-hydrogen) atoms. The van der Waals surface area contributed by atoms with Crippen LogP contribution >= 0.6 is 0 Å². The van der Waals surface area contributed by atoms with E-state index >= 15 is 0 Å². The molecule has 0 radical (unpaired) electrons. The van der Waals surface area contributed by atoms with Crippen LogP contribution in [0, 0.1) is 0 Å². The number of aliphatic hydroxyl groups is 1. The van der Waals surface area contributed by atoms with Gasteiger partial charge >= 0.3 is 5.97 Å². The van der Waals surface area contributed by atoms with Crippen molar-refractivity contribution in [3.63, 3.8) is 0 Å². The third-order valence-electron chi connectivity index (χ3n) is 2.61. The minimum atomic E-state index is -1.07. The maximum absolute atomic E-state index is 10.7. The molecule has 1 aromatic heterocycles. The second kappa shape index (κ2) is 5.33. The standard InChI is InChI=1S/C12H19NO4/c1-8(13-12(2,3)6-7-14)9-4-5-10(17-9)11(15)16/h4-5,8,13-14H,6-7H2,1-3H3,(H,15,16). The smallest absolute Gasteiger partial charge is 0.371 e. The molecule has 0 spiro atoms. The normalized spacial score (nSPS) is 13.6. The largest absolute Gasteiger partial charge is 0.475 e. The van der Waals surface area contributed by atoms with E-state index in [9.17, 15) is 4.79 Å². The lowest BCUT2D eigenvalue weighted by Gasteiger charge is -2.28. The van der Waals surface area contributed by atoms with Gasteiger partial charge in [0.05, 0.1) is 6.04 Å². The van der Waals surface area contributed by atoms with Crippen LogP contribution < -0.4 is 5.32 Å². The Bertz CT molecular complexity index is 384. The molecule has 96 valence electrons. The van der Waals surface area contributed by atoms with Gasteiger partial charge in [0.25, 0.3) is 0 Å². The summed E-state index contributed by atoms with van der Waals surface area (Å²) < 4.78 is 5.21. The Kier molecular flexibility index (Phi) is 4.31. The lowest BCUT2D eigenvalue weighted by molar-refractivity contribution is 0.0659. The maximum atomic E-state index is 10.7. The Hall–Kier alpha value is -1.33. The number of aliphatic hydroxyl groups excluding tert-OH is 1. The molecule has 5 heteroatoms. The Labute approximate surface area is 100 Å². The third kappa shape index (κ3) is 3.87. The summed E-state index contributed by atoms with van der Waals surface area (Å²) in [6.45, 7) is 5.94. The van der Waals surface area contributed by atoms with Crippen LogP contribution in [-0.2, 0) is 0 Å². The number of hydrogen-bond acceptors (Lipinski definition) is 4. The molecule has 0 bridgehead atoms. The van der Waals surface area contributed by atoms with Crippen molar-refractivity contribution in [3.8, 4) is 0 Å². The number of nitrogens with one attached hydrogen (secondary N) is 1. The summed E-state index contributed by atoms with van der Waals surface area (Å²) >= 11 is 0. The minimum absolute atomic E-state index is 0.0615. The highest BCUT2D eigenvalue weighted by Gasteiger charge is 2.22. The number of rotatable bonds is 6. The Morgan fingerprint density at radius 2 is 2.18 bits per heavy atom. The van der Waals surface area contributed by atoms with Gasteiger partial charge in [-0.05, 0) is 39.3 Å². The highest BCUT2D eigenvalue weighted by atomic mass is 16.4. The first kappa shape index (κ1) is 13.7. The Balaban J connectivity index is 2.69. The summed E-state index contributed by atoms with van der Waals surface area (Å²) in [6, 6.07) is 2.98. The van der Waals surface area contributed by atoms with Crippen LogP contribution in [0.3, 0.4) is 0 Å². The zero-order valence-corrected chi connectivity index (χ0v) is 10.4. The van der Waals surface area contributed by atoms with E-state index in [2.05, 4.69) is 5.32 Å². The Morgan fingerprint density at radius 3 is 2.65 bits per heavy atom. The van der Waals surface area contributed by atoms with E-state index in [1.807, 2.05) is 20.8 Å². The second-order valence-electron chi connectivity index (χ2n) is 4.73. The molecule has 0 fully saturated rings. The van der Waals surface area contributed by atoms with Crippen LogP contribution in [0.4, 0.5) is 0 Å². The number of carbonyl (C=O) groups is 1.